The predicted molar refractivity (Wildman–Crippen MR) is 63.7 cm³/mol. The molecule has 0 spiro atoms. The van der Waals surface area contributed by atoms with Crippen LogP contribution < -0.4 is 5.32 Å². The van der Waals surface area contributed by atoms with Crippen molar-refractivity contribution in [1.82, 2.24) is 5.32 Å². The Labute approximate surface area is 100 Å². The summed E-state index contributed by atoms with van der Waals surface area (Å²) in [6.07, 6.45) is 3.55. The lowest BCUT2D eigenvalue weighted by Gasteiger charge is -2.24. The Morgan fingerprint density at radius 3 is 2.71 bits per heavy atom. The predicted octanol–water partition coefficient (Wildman–Crippen LogP) is 1.71. The molecule has 0 radical (unpaired) electrons. The van der Waals surface area contributed by atoms with Gasteiger partial charge in [0, 0.05) is 11.5 Å². The highest BCUT2D eigenvalue weighted by atomic mass is 16.2. The normalized spacial score (nSPS) is 23.1. The van der Waals surface area contributed by atoms with Crippen molar-refractivity contribution in [2.45, 2.75) is 31.7 Å². The molecule has 88 valence electrons. The summed E-state index contributed by atoms with van der Waals surface area (Å²) in [4.78, 5) is 23.8. The van der Waals surface area contributed by atoms with Crippen molar-refractivity contribution in [2.24, 2.45) is 5.92 Å². The van der Waals surface area contributed by atoms with Crippen LogP contribution in [0.3, 0.4) is 0 Å². The molecule has 0 aliphatic heterocycles. The van der Waals surface area contributed by atoms with Crippen LogP contribution in [-0.4, -0.2) is 17.7 Å². The van der Waals surface area contributed by atoms with E-state index < -0.39 is 0 Å². The number of fused-ring (bicyclic) bond motifs is 1. The first kappa shape index (κ1) is 10.5. The maximum Gasteiger partial charge on any atom is 0.223 e. The molecule has 0 saturated heterocycles. The number of ketones is 1. The minimum atomic E-state index is -0.307. The Kier molecular flexibility index (Phi) is 2.46. The van der Waals surface area contributed by atoms with Crippen molar-refractivity contribution >= 4 is 11.7 Å². The number of carbonyl (C=O) groups is 2. The van der Waals surface area contributed by atoms with Crippen LogP contribution in [0.1, 0.15) is 35.2 Å². The molecule has 3 rings (SSSR count). The van der Waals surface area contributed by atoms with Crippen LogP contribution >= 0.6 is 0 Å². The van der Waals surface area contributed by atoms with Gasteiger partial charge in [0.1, 0.15) is 0 Å². The van der Waals surface area contributed by atoms with Crippen molar-refractivity contribution in [3.05, 3.63) is 35.4 Å². The number of nitrogens with one attached hydrogen (secondary N) is 1. The Balaban J connectivity index is 1.77. The van der Waals surface area contributed by atoms with Gasteiger partial charge in [-0.15, -0.1) is 0 Å². The van der Waals surface area contributed by atoms with E-state index in [1.165, 1.54) is 0 Å². The number of benzene rings is 1. The maximum absolute atomic E-state index is 12.2. The number of amides is 1. The molecule has 1 N–H and O–H groups in total. The molecule has 0 heterocycles. The molecule has 2 aliphatic rings. The standard InChI is InChI=1S/C14H15NO2/c16-13-11-4-2-1-3-9(11)7-8-12(13)15-14(17)10-5-6-10/h1-4,10,12H,5-8H2,(H,15,17)/t12-/m1/s1. The van der Waals surface area contributed by atoms with Crippen LogP contribution in [-0.2, 0) is 11.2 Å². The fourth-order valence-corrected chi connectivity index (χ4v) is 2.37. The molecule has 1 atom stereocenters. The maximum atomic E-state index is 12.2. The molecule has 0 bridgehead atoms. The Morgan fingerprint density at radius 1 is 1.18 bits per heavy atom. The molecule has 3 nitrogen and oxygen atoms in total. The Bertz CT molecular complexity index is 477. The fourth-order valence-electron chi connectivity index (χ4n) is 2.37. The number of hydrogen-bond donors (Lipinski definition) is 1. The lowest BCUT2D eigenvalue weighted by Crippen LogP contribution is -2.44. The number of carbonyl (C=O) groups excluding carboxylic acids is 2. The van der Waals surface area contributed by atoms with E-state index in [-0.39, 0.29) is 23.7 Å². The molecule has 1 saturated carbocycles. The van der Waals surface area contributed by atoms with E-state index in [9.17, 15) is 9.59 Å². The third-order valence-corrected chi connectivity index (χ3v) is 3.57. The average molecular weight is 229 g/mol. The third-order valence-electron chi connectivity index (χ3n) is 3.57. The Hall–Kier alpha value is -1.64. The zero-order chi connectivity index (χ0) is 11.8. The second-order valence-corrected chi connectivity index (χ2v) is 4.90. The van der Waals surface area contributed by atoms with E-state index in [2.05, 4.69) is 5.32 Å². The zero-order valence-electron chi connectivity index (χ0n) is 9.61. The molecule has 1 aromatic carbocycles. The van der Waals surface area contributed by atoms with Gasteiger partial charge in [-0.2, -0.15) is 0 Å². The van der Waals surface area contributed by atoms with Gasteiger partial charge in [0.25, 0.3) is 0 Å². The van der Waals surface area contributed by atoms with Crippen LogP contribution in [0.25, 0.3) is 0 Å². The van der Waals surface area contributed by atoms with Crippen molar-refractivity contribution in [1.29, 1.82) is 0 Å². The van der Waals surface area contributed by atoms with E-state index in [1.54, 1.807) is 0 Å². The van der Waals surface area contributed by atoms with Gasteiger partial charge < -0.3 is 5.32 Å². The first-order valence-electron chi connectivity index (χ1n) is 6.18. The minimum Gasteiger partial charge on any atom is -0.346 e. The summed E-state index contributed by atoms with van der Waals surface area (Å²) in [5.74, 6) is 0.295. The second-order valence-electron chi connectivity index (χ2n) is 4.90. The summed E-state index contributed by atoms with van der Waals surface area (Å²) in [6.45, 7) is 0. The molecular weight excluding hydrogens is 214 g/mol. The summed E-state index contributed by atoms with van der Waals surface area (Å²) in [7, 11) is 0. The van der Waals surface area contributed by atoms with E-state index in [0.717, 1.165) is 36.8 Å². The molecule has 1 fully saturated rings. The largest absolute Gasteiger partial charge is 0.346 e. The van der Waals surface area contributed by atoms with E-state index in [1.807, 2.05) is 24.3 Å². The molecular formula is C14H15NO2. The average Bonchev–Trinajstić information content (AvgIpc) is 3.17. The fraction of sp³-hybridized carbons (Fsp3) is 0.429. The SMILES string of the molecule is O=C(N[C@@H]1CCc2ccccc2C1=O)C1CC1. The molecule has 1 aromatic rings. The van der Waals surface area contributed by atoms with Crippen LogP contribution in [0.5, 0.6) is 0 Å². The van der Waals surface area contributed by atoms with Gasteiger partial charge in [-0.05, 0) is 31.2 Å². The van der Waals surface area contributed by atoms with Gasteiger partial charge in [0.05, 0.1) is 6.04 Å². The van der Waals surface area contributed by atoms with Gasteiger partial charge in [0.2, 0.25) is 5.91 Å². The highest BCUT2D eigenvalue weighted by molar-refractivity contribution is 6.04. The Morgan fingerprint density at radius 2 is 1.94 bits per heavy atom. The summed E-state index contributed by atoms with van der Waals surface area (Å²) in [5.41, 5.74) is 1.88. The number of aryl methyl sites for hydroxylation is 1. The highest BCUT2D eigenvalue weighted by Crippen LogP contribution is 2.29. The highest BCUT2D eigenvalue weighted by Gasteiger charge is 2.34. The van der Waals surface area contributed by atoms with Crippen molar-refractivity contribution in [3.63, 3.8) is 0 Å². The molecule has 0 aromatic heterocycles. The smallest absolute Gasteiger partial charge is 0.223 e. The summed E-state index contributed by atoms with van der Waals surface area (Å²) < 4.78 is 0. The van der Waals surface area contributed by atoms with Gasteiger partial charge in [-0.25, -0.2) is 0 Å². The van der Waals surface area contributed by atoms with Crippen LogP contribution in [0.15, 0.2) is 24.3 Å². The number of Topliss-reactive ketones (excluding diaryl/α,β-unsaturated/α-hetero) is 1. The summed E-state index contributed by atoms with van der Waals surface area (Å²) in [6, 6.07) is 7.37. The molecule has 2 aliphatic carbocycles. The van der Waals surface area contributed by atoms with Crippen LogP contribution in [0.2, 0.25) is 0 Å². The zero-order valence-corrected chi connectivity index (χ0v) is 9.61. The van der Waals surface area contributed by atoms with Crippen molar-refractivity contribution in [3.8, 4) is 0 Å². The quantitative estimate of drug-likeness (QED) is 0.839. The van der Waals surface area contributed by atoms with Gasteiger partial charge in [-0.3, -0.25) is 9.59 Å². The topological polar surface area (TPSA) is 46.2 Å². The molecule has 17 heavy (non-hydrogen) atoms. The number of hydrogen-bond acceptors (Lipinski definition) is 2. The first-order chi connectivity index (χ1) is 8.25. The second kappa shape index (κ2) is 3.99. The summed E-state index contributed by atoms with van der Waals surface area (Å²) >= 11 is 0. The molecule has 1 amide bonds. The van der Waals surface area contributed by atoms with Gasteiger partial charge in [-0.1, -0.05) is 24.3 Å². The van der Waals surface area contributed by atoms with E-state index in [4.69, 9.17) is 0 Å². The number of rotatable bonds is 2. The lowest BCUT2D eigenvalue weighted by molar-refractivity contribution is -0.122. The lowest BCUT2D eigenvalue weighted by atomic mass is 9.87. The molecule has 0 unspecified atom stereocenters. The van der Waals surface area contributed by atoms with E-state index >= 15 is 0 Å². The van der Waals surface area contributed by atoms with Gasteiger partial charge >= 0.3 is 0 Å². The summed E-state index contributed by atoms with van der Waals surface area (Å²) in [5, 5.41) is 2.88. The third kappa shape index (κ3) is 1.97. The monoisotopic (exact) mass is 229 g/mol. The van der Waals surface area contributed by atoms with Crippen LogP contribution in [0, 0.1) is 5.92 Å². The van der Waals surface area contributed by atoms with E-state index in [0.29, 0.717) is 0 Å². The first-order valence-corrected chi connectivity index (χ1v) is 6.18. The molecule has 3 heteroatoms. The minimum absolute atomic E-state index is 0.0581. The van der Waals surface area contributed by atoms with Crippen molar-refractivity contribution in [2.75, 3.05) is 0 Å². The van der Waals surface area contributed by atoms with Crippen molar-refractivity contribution < 1.29 is 9.59 Å². The van der Waals surface area contributed by atoms with Crippen LogP contribution in [0.4, 0.5) is 0 Å². The van der Waals surface area contributed by atoms with Gasteiger partial charge in [0.15, 0.2) is 5.78 Å².